The summed E-state index contributed by atoms with van der Waals surface area (Å²) >= 11 is 18.2. The van der Waals surface area contributed by atoms with E-state index in [0.29, 0.717) is 49.4 Å². The Hall–Kier alpha value is -1.61. The maximum Gasteiger partial charge on any atom is 0.246 e. The van der Waals surface area contributed by atoms with Crippen LogP contribution in [-0.2, 0) is 16.6 Å². The first-order valence-corrected chi connectivity index (χ1v) is 11.8. The second-order valence-electron chi connectivity index (χ2n) is 6.86. The molecule has 0 radical (unpaired) electrons. The number of halogens is 3. The summed E-state index contributed by atoms with van der Waals surface area (Å²) in [6, 6.07) is 12.0. The molecule has 2 heterocycles. The maximum atomic E-state index is 13.0. The average molecular weight is 487 g/mol. The van der Waals surface area contributed by atoms with Crippen LogP contribution in [0.3, 0.4) is 0 Å². The van der Waals surface area contributed by atoms with Gasteiger partial charge < -0.3 is 4.42 Å². The SMILES string of the molecule is O=S(=O)(c1c(Cl)cccc1Cl)N1CCN(Cc2ncc(-c3cccc(Cl)c3)o2)CC1. The van der Waals surface area contributed by atoms with Crippen molar-refractivity contribution in [1.82, 2.24) is 14.2 Å². The van der Waals surface area contributed by atoms with Crippen molar-refractivity contribution in [2.75, 3.05) is 26.2 Å². The number of hydrogen-bond acceptors (Lipinski definition) is 5. The van der Waals surface area contributed by atoms with Crippen molar-refractivity contribution in [2.45, 2.75) is 11.4 Å². The van der Waals surface area contributed by atoms with Gasteiger partial charge in [0.25, 0.3) is 0 Å². The molecule has 10 heteroatoms. The van der Waals surface area contributed by atoms with Gasteiger partial charge in [-0.05, 0) is 24.3 Å². The van der Waals surface area contributed by atoms with Crippen LogP contribution in [0.25, 0.3) is 11.3 Å². The third kappa shape index (κ3) is 4.51. The zero-order valence-corrected chi connectivity index (χ0v) is 18.8. The lowest BCUT2D eigenvalue weighted by atomic mass is 10.2. The molecule has 0 spiro atoms. The summed E-state index contributed by atoms with van der Waals surface area (Å²) < 4.78 is 33.2. The Morgan fingerprint density at radius 2 is 1.63 bits per heavy atom. The Kier molecular flexibility index (Phi) is 6.39. The fourth-order valence-electron chi connectivity index (χ4n) is 3.34. The van der Waals surface area contributed by atoms with Crippen molar-refractivity contribution in [3.05, 3.63) is 69.6 Å². The quantitative estimate of drug-likeness (QED) is 0.518. The van der Waals surface area contributed by atoms with Gasteiger partial charge in [-0.2, -0.15) is 4.31 Å². The topological polar surface area (TPSA) is 66.7 Å². The number of piperazine rings is 1. The normalized spacial score (nSPS) is 16.1. The van der Waals surface area contributed by atoms with Gasteiger partial charge in [-0.3, -0.25) is 4.90 Å². The first-order valence-electron chi connectivity index (χ1n) is 9.22. The lowest BCUT2D eigenvalue weighted by Crippen LogP contribution is -2.48. The van der Waals surface area contributed by atoms with Crippen LogP contribution < -0.4 is 0 Å². The van der Waals surface area contributed by atoms with E-state index >= 15 is 0 Å². The van der Waals surface area contributed by atoms with Crippen molar-refractivity contribution in [3.63, 3.8) is 0 Å². The summed E-state index contributed by atoms with van der Waals surface area (Å²) in [4.78, 5) is 6.39. The first-order chi connectivity index (χ1) is 14.3. The van der Waals surface area contributed by atoms with Crippen molar-refractivity contribution >= 4 is 44.8 Å². The van der Waals surface area contributed by atoms with Crippen molar-refractivity contribution < 1.29 is 12.8 Å². The number of nitrogens with zero attached hydrogens (tertiary/aromatic N) is 3. The molecule has 0 N–H and O–H groups in total. The molecule has 0 atom stereocenters. The number of sulfonamides is 1. The monoisotopic (exact) mass is 485 g/mol. The highest BCUT2D eigenvalue weighted by molar-refractivity contribution is 7.89. The van der Waals surface area contributed by atoms with E-state index in [1.165, 1.54) is 16.4 Å². The van der Waals surface area contributed by atoms with Gasteiger partial charge in [-0.1, -0.05) is 53.0 Å². The molecule has 4 rings (SSSR count). The Morgan fingerprint density at radius 1 is 0.967 bits per heavy atom. The molecule has 158 valence electrons. The molecule has 0 amide bonds. The molecule has 30 heavy (non-hydrogen) atoms. The minimum atomic E-state index is -3.76. The predicted octanol–water partition coefficient (Wildman–Crippen LogP) is 4.81. The summed E-state index contributed by atoms with van der Waals surface area (Å²) in [6.07, 6.45) is 1.67. The molecule has 3 aromatic rings. The van der Waals surface area contributed by atoms with Gasteiger partial charge in [0, 0.05) is 36.8 Å². The molecule has 1 aromatic heterocycles. The third-order valence-corrected chi connectivity index (χ3v) is 7.96. The Balaban J connectivity index is 1.41. The largest absolute Gasteiger partial charge is 0.439 e. The first kappa shape index (κ1) is 21.6. The molecular formula is C20H18Cl3N3O3S. The van der Waals surface area contributed by atoms with Crippen LogP contribution in [0.15, 0.2) is 58.0 Å². The van der Waals surface area contributed by atoms with Crippen LogP contribution in [-0.4, -0.2) is 48.8 Å². The van der Waals surface area contributed by atoms with E-state index < -0.39 is 10.0 Å². The molecule has 1 fully saturated rings. The summed E-state index contributed by atoms with van der Waals surface area (Å²) in [6.45, 7) is 2.21. The highest BCUT2D eigenvalue weighted by atomic mass is 35.5. The summed E-state index contributed by atoms with van der Waals surface area (Å²) in [5, 5.41) is 0.873. The number of benzene rings is 2. The second kappa shape index (κ2) is 8.86. The fourth-order valence-corrected chi connectivity index (χ4v) is 6.04. The van der Waals surface area contributed by atoms with E-state index in [4.69, 9.17) is 39.2 Å². The predicted molar refractivity (Wildman–Crippen MR) is 117 cm³/mol. The molecule has 1 aliphatic rings. The Bertz CT molecular complexity index is 1140. The summed E-state index contributed by atoms with van der Waals surface area (Å²) in [5.41, 5.74) is 0.855. The molecule has 0 bridgehead atoms. The van der Waals surface area contributed by atoms with E-state index in [1.807, 2.05) is 18.2 Å². The lowest BCUT2D eigenvalue weighted by Gasteiger charge is -2.33. The van der Waals surface area contributed by atoms with Crippen LogP contribution in [0.1, 0.15) is 5.89 Å². The molecular weight excluding hydrogens is 469 g/mol. The van der Waals surface area contributed by atoms with Crippen molar-refractivity contribution in [3.8, 4) is 11.3 Å². The zero-order chi connectivity index (χ0) is 21.3. The molecule has 2 aromatic carbocycles. The average Bonchev–Trinajstić information content (AvgIpc) is 3.17. The van der Waals surface area contributed by atoms with Gasteiger partial charge in [0.05, 0.1) is 22.8 Å². The molecule has 0 aliphatic carbocycles. The fraction of sp³-hybridized carbons (Fsp3) is 0.250. The van der Waals surface area contributed by atoms with E-state index in [9.17, 15) is 8.42 Å². The van der Waals surface area contributed by atoms with Crippen molar-refractivity contribution in [2.24, 2.45) is 0 Å². The van der Waals surface area contributed by atoms with Gasteiger partial charge in [-0.25, -0.2) is 13.4 Å². The van der Waals surface area contributed by atoms with Crippen LogP contribution in [0.2, 0.25) is 15.1 Å². The number of oxazole rings is 1. The molecule has 0 unspecified atom stereocenters. The number of rotatable bonds is 5. The second-order valence-corrected chi connectivity index (χ2v) is 9.99. The molecule has 1 aliphatic heterocycles. The van der Waals surface area contributed by atoms with Crippen LogP contribution in [0, 0.1) is 0 Å². The van der Waals surface area contributed by atoms with Crippen LogP contribution in [0.5, 0.6) is 0 Å². The van der Waals surface area contributed by atoms with Gasteiger partial charge in [0.2, 0.25) is 15.9 Å². The van der Waals surface area contributed by atoms with Crippen molar-refractivity contribution in [1.29, 1.82) is 0 Å². The standard InChI is InChI=1S/C20H18Cl3N3O3S/c21-15-4-1-3-14(11-15)18-12-24-19(29-18)13-25-7-9-26(10-8-25)30(27,28)20-16(22)5-2-6-17(20)23/h1-6,11-12H,7-10,13H2. The molecule has 0 saturated carbocycles. The minimum Gasteiger partial charge on any atom is -0.439 e. The Labute approximate surface area is 190 Å². The lowest BCUT2D eigenvalue weighted by molar-refractivity contribution is 0.169. The van der Waals surface area contributed by atoms with E-state index in [2.05, 4.69) is 9.88 Å². The van der Waals surface area contributed by atoms with Gasteiger partial charge in [0.1, 0.15) is 4.90 Å². The Morgan fingerprint density at radius 3 is 2.30 bits per heavy atom. The van der Waals surface area contributed by atoms with E-state index in [1.54, 1.807) is 18.3 Å². The molecule has 6 nitrogen and oxygen atoms in total. The smallest absolute Gasteiger partial charge is 0.246 e. The number of aromatic nitrogens is 1. The van der Waals surface area contributed by atoms with Gasteiger partial charge >= 0.3 is 0 Å². The summed E-state index contributed by atoms with van der Waals surface area (Å²) in [7, 11) is -3.76. The van der Waals surface area contributed by atoms with Crippen LogP contribution >= 0.6 is 34.8 Å². The highest BCUT2D eigenvalue weighted by Gasteiger charge is 2.32. The third-order valence-electron chi connectivity index (χ3n) is 4.87. The maximum absolute atomic E-state index is 13.0. The van der Waals surface area contributed by atoms with Gasteiger partial charge in [0.15, 0.2) is 5.76 Å². The van der Waals surface area contributed by atoms with E-state index in [0.717, 1.165) is 5.56 Å². The summed E-state index contributed by atoms with van der Waals surface area (Å²) in [5.74, 6) is 1.21. The zero-order valence-electron chi connectivity index (χ0n) is 15.8. The minimum absolute atomic E-state index is 0.0411. The van der Waals surface area contributed by atoms with Crippen LogP contribution in [0.4, 0.5) is 0 Å². The van der Waals surface area contributed by atoms with E-state index in [-0.39, 0.29) is 14.9 Å². The number of hydrogen-bond donors (Lipinski definition) is 0. The highest BCUT2D eigenvalue weighted by Crippen LogP contribution is 2.32. The van der Waals surface area contributed by atoms with Gasteiger partial charge in [-0.15, -0.1) is 0 Å². The molecule has 1 saturated heterocycles.